The van der Waals surface area contributed by atoms with E-state index in [2.05, 4.69) is 19.1 Å². The quantitative estimate of drug-likeness (QED) is 0.641. The third-order valence-electron chi connectivity index (χ3n) is 1.90. The third kappa shape index (κ3) is 3.24. The first-order valence-electron chi connectivity index (χ1n) is 4.56. The highest BCUT2D eigenvalue weighted by Gasteiger charge is 1.89. The summed E-state index contributed by atoms with van der Waals surface area (Å²) >= 11 is 0. The molecule has 0 atom stereocenters. The molecule has 1 nitrogen and oxygen atoms in total. The minimum absolute atomic E-state index is 0.496. The SMILES string of the molecule is CCc1cccc(C=CCC=O)c1. The van der Waals surface area contributed by atoms with Crippen LogP contribution in [0.2, 0.25) is 0 Å². The first-order chi connectivity index (χ1) is 6.36. The van der Waals surface area contributed by atoms with Gasteiger partial charge in [-0.05, 0) is 17.5 Å². The molecule has 0 heterocycles. The van der Waals surface area contributed by atoms with Gasteiger partial charge in [0.15, 0.2) is 0 Å². The Labute approximate surface area is 79.1 Å². The number of aldehydes is 1. The van der Waals surface area contributed by atoms with Crippen molar-refractivity contribution in [1.82, 2.24) is 0 Å². The van der Waals surface area contributed by atoms with Crippen LogP contribution in [0, 0.1) is 0 Å². The third-order valence-corrected chi connectivity index (χ3v) is 1.90. The van der Waals surface area contributed by atoms with E-state index in [4.69, 9.17) is 0 Å². The highest BCUT2D eigenvalue weighted by atomic mass is 16.1. The van der Waals surface area contributed by atoms with Crippen molar-refractivity contribution in [2.24, 2.45) is 0 Å². The van der Waals surface area contributed by atoms with E-state index >= 15 is 0 Å². The fourth-order valence-corrected chi connectivity index (χ4v) is 1.18. The van der Waals surface area contributed by atoms with Crippen molar-refractivity contribution in [3.05, 3.63) is 41.5 Å². The number of allylic oxidation sites excluding steroid dienone is 1. The molecule has 0 amide bonds. The van der Waals surface area contributed by atoms with Gasteiger partial charge < -0.3 is 4.79 Å². The van der Waals surface area contributed by atoms with E-state index in [0.29, 0.717) is 6.42 Å². The van der Waals surface area contributed by atoms with Gasteiger partial charge in [0.05, 0.1) is 0 Å². The molecule has 0 aromatic heterocycles. The maximum atomic E-state index is 10.1. The standard InChI is InChI=1S/C12H14O/c1-2-11-7-5-8-12(10-11)6-3-4-9-13/h3,5-10H,2,4H2,1H3. The van der Waals surface area contributed by atoms with Gasteiger partial charge in [0.25, 0.3) is 0 Å². The van der Waals surface area contributed by atoms with E-state index in [0.717, 1.165) is 12.7 Å². The fourth-order valence-electron chi connectivity index (χ4n) is 1.18. The predicted octanol–water partition coefficient (Wildman–Crippen LogP) is 2.85. The molecule has 1 heteroatoms. The number of benzene rings is 1. The molecule has 1 aromatic carbocycles. The topological polar surface area (TPSA) is 17.1 Å². The van der Waals surface area contributed by atoms with Crippen LogP contribution in [0.15, 0.2) is 30.3 Å². The van der Waals surface area contributed by atoms with Crippen LogP contribution in [0.1, 0.15) is 24.5 Å². The molecular weight excluding hydrogens is 160 g/mol. The lowest BCUT2D eigenvalue weighted by Crippen LogP contribution is -1.80. The monoisotopic (exact) mass is 174 g/mol. The zero-order valence-electron chi connectivity index (χ0n) is 7.86. The zero-order chi connectivity index (χ0) is 9.52. The van der Waals surface area contributed by atoms with E-state index < -0.39 is 0 Å². The lowest BCUT2D eigenvalue weighted by atomic mass is 10.1. The lowest BCUT2D eigenvalue weighted by molar-refractivity contribution is -0.107. The summed E-state index contributed by atoms with van der Waals surface area (Å²) in [6.07, 6.45) is 6.31. The summed E-state index contributed by atoms with van der Waals surface area (Å²) in [7, 11) is 0. The second-order valence-corrected chi connectivity index (χ2v) is 2.90. The molecule has 0 aliphatic rings. The Bertz CT molecular complexity index is 300. The van der Waals surface area contributed by atoms with Crippen molar-refractivity contribution in [3.63, 3.8) is 0 Å². The second kappa shape index (κ2) is 5.31. The smallest absolute Gasteiger partial charge is 0.123 e. The Balaban J connectivity index is 2.71. The maximum Gasteiger partial charge on any atom is 0.123 e. The second-order valence-electron chi connectivity index (χ2n) is 2.90. The molecule has 0 aliphatic heterocycles. The van der Waals surface area contributed by atoms with Gasteiger partial charge in [-0.1, -0.05) is 43.3 Å². The zero-order valence-corrected chi connectivity index (χ0v) is 7.86. The first kappa shape index (κ1) is 9.72. The van der Waals surface area contributed by atoms with E-state index in [9.17, 15) is 4.79 Å². The van der Waals surface area contributed by atoms with Crippen LogP contribution in [0.25, 0.3) is 6.08 Å². The van der Waals surface area contributed by atoms with Crippen molar-refractivity contribution in [3.8, 4) is 0 Å². The first-order valence-corrected chi connectivity index (χ1v) is 4.56. The molecule has 1 aromatic rings. The number of carbonyl (C=O) groups is 1. The van der Waals surface area contributed by atoms with Crippen LogP contribution in [0.4, 0.5) is 0 Å². The van der Waals surface area contributed by atoms with Crippen LogP contribution in [0.5, 0.6) is 0 Å². The average molecular weight is 174 g/mol. The molecule has 13 heavy (non-hydrogen) atoms. The summed E-state index contributed by atoms with van der Waals surface area (Å²) in [5.41, 5.74) is 2.49. The van der Waals surface area contributed by atoms with Gasteiger partial charge in [0.1, 0.15) is 6.29 Å². The highest BCUT2D eigenvalue weighted by Crippen LogP contribution is 2.07. The van der Waals surface area contributed by atoms with Crippen LogP contribution in [0.3, 0.4) is 0 Å². The van der Waals surface area contributed by atoms with Gasteiger partial charge in [-0.2, -0.15) is 0 Å². The van der Waals surface area contributed by atoms with E-state index in [1.807, 2.05) is 24.3 Å². The van der Waals surface area contributed by atoms with Crippen LogP contribution in [-0.4, -0.2) is 6.29 Å². The van der Waals surface area contributed by atoms with Gasteiger partial charge in [-0.3, -0.25) is 0 Å². The van der Waals surface area contributed by atoms with Crippen LogP contribution in [-0.2, 0) is 11.2 Å². The summed E-state index contributed by atoms with van der Waals surface area (Å²) in [6, 6.07) is 8.33. The van der Waals surface area contributed by atoms with Gasteiger partial charge in [-0.25, -0.2) is 0 Å². The number of rotatable bonds is 4. The molecular formula is C12H14O. The molecule has 0 radical (unpaired) electrons. The lowest BCUT2D eigenvalue weighted by Gasteiger charge is -1.97. The molecule has 0 N–H and O–H groups in total. The summed E-state index contributed by atoms with van der Waals surface area (Å²) in [5, 5.41) is 0. The van der Waals surface area contributed by atoms with Gasteiger partial charge in [0, 0.05) is 6.42 Å². The number of hydrogen-bond acceptors (Lipinski definition) is 1. The molecule has 0 bridgehead atoms. The minimum atomic E-state index is 0.496. The van der Waals surface area contributed by atoms with Crippen molar-refractivity contribution < 1.29 is 4.79 Å². The van der Waals surface area contributed by atoms with Crippen molar-refractivity contribution >= 4 is 12.4 Å². The fraction of sp³-hybridized carbons (Fsp3) is 0.250. The van der Waals surface area contributed by atoms with Crippen LogP contribution >= 0.6 is 0 Å². The summed E-state index contributed by atoms with van der Waals surface area (Å²) in [6.45, 7) is 2.13. The molecule has 0 saturated heterocycles. The van der Waals surface area contributed by atoms with Crippen molar-refractivity contribution in [1.29, 1.82) is 0 Å². The molecule has 0 saturated carbocycles. The van der Waals surface area contributed by atoms with Gasteiger partial charge in [0.2, 0.25) is 0 Å². The molecule has 0 unspecified atom stereocenters. The van der Waals surface area contributed by atoms with Crippen LogP contribution < -0.4 is 0 Å². The summed E-state index contributed by atoms with van der Waals surface area (Å²) < 4.78 is 0. The normalized spacial score (nSPS) is 10.5. The highest BCUT2D eigenvalue weighted by molar-refractivity contribution is 5.58. The number of hydrogen-bond donors (Lipinski definition) is 0. The maximum absolute atomic E-state index is 10.1. The molecule has 0 spiro atoms. The Morgan fingerprint density at radius 3 is 2.92 bits per heavy atom. The largest absolute Gasteiger partial charge is 0.303 e. The van der Waals surface area contributed by atoms with Gasteiger partial charge >= 0.3 is 0 Å². The van der Waals surface area contributed by atoms with E-state index in [1.165, 1.54) is 11.1 Å². The summed E-state index contributed by atoms with van der Waals surface area (Å²) in [4.78, 5) is 10.1. The molecule has 0 fully saturated rings. The molecule has 68 valence electrons. The number of aryl methyl sites for hydroxylation is 1. The Morgan fingerprint density at radius 2 is 2.23 bits per heavy atom. The summed E-state index contributed by atoms with van der Waals surface area (Å²) in [5.74, 6) is 0. The van der Waals surface area contributed by atoms with E-state index in [-0.39, 0.29) is 0 Å². The molecule has 1 rings (SSSR count). The predicted molar refractivity (Wildman–Crippen MR) is 55.5 cm³/mol. The Morgan fingerprint density at radius 1 is 1.38 bits per heavy atom. The Hall–Kier alpha value is -1.37. The van der Waals surface area contributed by atoms with Crippen molar-refractivity contribution in [2.75, 3.05) is 0 Å². The molecule has 0 aliphatic carbocycles. The van der Waals surface area contributed by atoms with E-state index in [1.54, 1.807) is 0 Å². The van der Waals surface area contributed by atoms with Gasteiger partial charge in [-0.15, -0.1) is 0 Å². The minimum Gasteiger partial charge on any atom is -0.303 e. The average Bonchev–Trinajstić information content (AvgIpc) is 2.19. The number of carbonyl (C=O) groups excluding carboxylic acids is 1. The Kier molecular flexibility index (Phi) is 3.97. The van der Waals surface area contributed by atoms with Crippen molar-refractivity contribution in [2.45, 2.75) is 19.8 Å².